The molecule has 0 aliphatic carbocycles. The van der Waals surface area contributed by atoms with Gasteiger partial charge in [0.15, 0.2) is 0 Å². The van der Waals surface area contributed by atoms with Gasteiger partial charge in [-0.2, -0.15) is 16.8 Å². The third kappa shape index (κ3) is 1.68. The summed E-state index contributed by atoms with van der Waals surface area (Å²) in [5, 5.41) is 37.0. The Bertz CT molecular complexity index is 536. The fourth-order valence-electron chi connectivity index (χ4n) is 1.58. The molecule has 0 aromatic carbocycles. The SMILES string of the molecule is O=S(=O)(O)[C@]1(O)[C@H](O)O[C@H](CO)[C@@]1(O)S(=O)(=O)O. The fraction of sp³-hybridized carbons (Fsp3) is 1.00. The van der Waals surface area contributed by atoms with Crippen molar-refractivity contribution < 1.29 is 51.1 Å². The average Bonchev–Trinajstić information content (AvgIpc) is 2.39. The Morgan fingerprint density at radius 3 is 1.67 bits per heavy atom. The molecule has 108 valence electrons. The zero-order chi connectivity index (χ0) is 14.6. The predicted octanol–water partition coefficient (Wildman–Crippen LogP) is -4.15. The highest BCUT2D eigenvalue weighted by molar-refractivity contribution is 7.91. The van der Waals surface area contributed by atoms with Crippen LogP contribution in [-0.2, 0) is 25.0 Å². The van der Waals surface area contributed by atoms with Crippen molar-refractivity contribution in [2.75, 3.05) is 6.61 Å². The highest BCUT2D eigenvalue weighted by atomic mass is 32.2. The van der Waals surface area contributed by atoms with E-state index in [1.165, 1.54) is 0 Å². The molecule has 1 rings (SSSR count). The van der Waals surface area contributed by atoms with Crippen molar-refractivity contribution in [2.45, 2.75) is 22.3 Å². The van der Waals surface area contributed by atoms with E-state index < -0.39 is 49.1 Å². The molecule has 0 bridgehead atoms. The third-order valence-corrected chi connectivity index (χ3v) is 5.32. The molecule has 11 nitrogen and oxygen atoms in total. The summed E-state index contributed by atoms with van der Waals surface area (Å²) in [7, 11) is -11.6. The monoisotopic (exact) mass is 310 g/mol. The Morgan fingerprint density at radius 2 is 1.39 bits per heavy atom. The van der Waals surface area contributed by atoms with Gasteiger partial charge in [0, 0.05) is 0 Å². The van der Waals surface area contributed by atoms with Gasteiger partial charge in [-0.1, -0.05) is 0 Å². The summed E-state index contributed by atoms with van der Waals surface area (Å²) in [6, 6.07) is 0. The quantitative estimate of drug-likeness (QED) is 0.276. The molecule has 13 heteroatoms. The molecular weight excluding hydrogens is 300 g/mol. The van der Waals surface area contributed by atoms with Crippen LogP contribution in [-0.4, -0.2) is 75.2 Å². The molecule has 1 saturated heterocycles. The molecule has 0 radical (unpaired) electrons. The first-order chi connectivity index (χ1) is 7.84. The minimum atomic E-state index is -5.80. The highest BCUT2D eigenvalue weighted by Crippen LogP contribution is 2.45. The Morgan fingerprint density at radius 1 is 1.00 bits per heavy atom. The van der Waals surface area contributed by atoms with E-state index in [2.05, 4.69) is 4.74 Å². The van der Waals surface area contributed by atoms with Gasteiger partial charge < -0.3 is 25.2 Å². The molecule has 1 aliphatic rings. The number of ether oxygens (including phenoxy) is 1. The van der Waals surface area contributed by atoms with Crippen molar-refractivity contribution >= 4 is 20.2 Å². The van der Waals surface area contributed by atoms with E-state index in [-0.39, 0.29) is 0 Å². The van der Waals surface area contributed by atoms with Gasteiger partial charge in [0.05, 0.1) is 6.61 Å². The lowest BCUT2D eigenvalue weighted by Crippen LogP contribution is -2.67. The minimum absolute atomic E-state index is 1.38. The summed E-state index contributed by atoms with van der Waals surface area (Å²) in [4.78, 5) is -8.25. The van der Waals surface area contributed by atoms with Crippen molar-refractivity contribution in [3.05, 3.63) is 0 Å². The molecule has 1 fully saturated rings. The van der Waals surface area contributed by atoms with Gasteiger partial charge in [-0.25, -0.2) is 0 Å². The van der Waals surface area contributed by atoms with Crippen molar-refractivity contribution in [3.8, 4) is 0 Å². The van der Waals surface area contributed by atoms with E-state index in [0.29, 0.717) is 0 Å². The van der Waals surface area contributed by atoms with Gasteiger partial charge in [-0.05, 0) is 0 Å². The molecule has 0 spiro atoms. The summed E-state index contributed by atoms with van der Waals surface area (Å²) in [6.45, 7) is -1.38. The molecule has 6 N–H and O–H groups in total. The Kier molecular flexibility index (Phi) is 3.53. The molecule has 1 aliphatic heterocycles. The van der Waals surface area contributed by atoms with E-state index in [4.69, 9.17) is 19.3 Å². The zero-order valence-corrected chi connectivity index (χ0v) is 10.0. The van der Waals surface area contributed by atoms with Crippen LogP contribution in [0.3, 0.4) is 0 Å². The molecule has 4 atom stereocenters. The Labute approximate surface area is 101 Å². The summed E-state index contributed by atoms with van der Waals surface area (Å²) in [5.41, 5.74) is 0. The largest absolute Gasteiger partial charge is 0.394 e. The average molecular weight is 310 g/mol. The van der Waals surface area contributed by atoms with Crippen molar-refractivity contribution in [3.63, 3.8) is 0 Å². The van der Waals surface area contributed by atoms with Crippen LogP contribution in [0.2, 0.25) is 0 Å². The first kappa shape index (κ1) is 15.7. The maximum Gasteiger partial charge on any atom is 0.304 e. The lowest BCUT2D eigenvalue weighted by Gasteiger charge is -2.33. The smallest absolute Gasteiger partial charge is 0.304 e. The molecule has 0 saturated carbocycles. The molecular formula is C5H10O11S2. The van der Waals surface area contributed by atoms with Gasteiger partial charge in [-0.3, -0.25) is 9.11 Å². The molecule has 0 aromatic heterocycles. The molecule has 0 amide bonds. The van der Waals surface area contributed by atoms with Crippen molar-refractivity contribution in [2.24, 2.45) is 0 Å². The van der Waals surface area contributed by atoms with Gasteiger partial charge in [-0.15, -0.1) is 0 Å². The van der Waals surface area contributed by atoms with E-state index in [1.54, 1.807) is 0 Å². The van der Waals surface area contributed by atoms with Gasteiger partial charge in [0.2, 0.25) is 6.29 Å². The summed E-state index contributed by atoms with van der Waals surface area (Å²) >= 11 is 0. The van der Waals surface area contributed by atoms with Crippen LogP contribution >= 0.6 is 0 Å². The second-order valence-electron chi connectivity index (χ2n) is 3.50. The second-order valence-corrected chi connectivity index (χ2v) is 6.65. The predicted molar refractivity (Wildman–Crippen MR) is 51.0 cm³/mol. The van der Waals surface area contributed by atoms with Gasteiger partial charge in [0.1, 0.15) is 6.10 Å². The van der Waals surface area contributed by atoms with Crippen LogP contribution in [0.5, 0.6) is 0 Å². The van der Waals surface area contributed by atoms with Crippen molar-refractivity contribution in [1.29, 1.82) is 0 Å². The molecule has 18 heavy (non-hydrogen) atoms. The molecule has 0 aromatic rings. The van der Waals surface area contributed by atoms with E-state index in [0.717, 1.165) is 0 Å². The first-order valence-electron chi connectivity index (χ1n) is 4.17. The lowest BCUT2D eigenvalue weighted by atomic mass is 10.1. The standard InChI is InChI=1S/C5H10O11S2/c6-1-2-4(8,17(10,11)12)5(9,3(7)16-2)18(13,14)15/h2-3,6-9H,1H2,(H,10,11,12)(H,13,14,15)/t2-,3-,4-,5-/m1/s1. The van der Waals surface area contributed by atoms with Gasteiger partial charge >= 0.3 is 20.2 Å². The van der Waals surface area contributed by atoms with Crippen LogP contribution in [0.1, 0.15) is 0 Å². The summed E-state index contributed by atoms with van der Waals surface area (Å²) in [6.07, 6.45) is -5.33. The first-order valence-corrected chi connectivity index (χ1v) is 7.05. The minimum Gasteiger partial charge on any atom is -0.394 e. The number of hydrogen-bond donors (Lipinski definition) is 6. The Hall–Kier alpha value is -0.380. The van der Waals surface area contributed by atoms with Crippen LogP contribution < -0.4 is 0 Å². The van der Waals surface area contributed by atoms with Gasteiger partial charge in [0.25, 0.3) is 9.87 Å². The third-order valence-electron chi connectivity index (χ3n) is 2.53. The van der Waals surface area contributed by atoms with Crippen LogP contribution in [0.25, 0.3) is 0 Å². The number of rotatable bonds is 3. The number of aliphatic hydroxyl groups excluding tert-OH is 2. The summed E-state index contributed by atoms with van der Waals surface area (Å²) < 4.78 is 65.5. The van der Waals surface area contributed by atoms with Crippen LogP contribution in [0.15, 0.2) is 0 Å². The van der Waals surface area contributed by atoms with E-state index in [9.17, 15) is 27.0 Å². The normalized spacial score (nSPS) is 42.1. The lowest BCUT2D eigenvalue weighted by molar-refractivity contribution is -0.148. The maximum absolute atomic E-state index is 11.0. The van der Waals surface area contributed by atoms with Crippen LogP contribution in [0, 0.1) is 0 Å². The van der Waals surface area contributed by atoms with Crippen LogP contribution in [0.4, 0.5) is 0 Å². The van der Waals surface area contributed by atoms with E-state index >= 15 is 0 Å². The second kappa shape index (κ2) is 4.06. The molecule has 0 unspecified atom stereocenters. The molecule has 1 heterocycles. The topological polar surface area (TPSA) is 199 Å². The van der Waals surface area contributed by atoms with Crippen molar-refractivity contribution in [1.82, 2.24) is 0 Å². The number of aliphatic hydroxyl groups is 4. The zero-order valence-electron chi connectivity index (χ0n) is 8.40. The fourth-order valence-corrected chi connectivity index (χ4v) is 3.95. The maximum atomic E-state index is 11.0. The Balaban J connectivity index is 3.69. The summed E-state index contributed by atoms with van der Waals surface area (Å²) in [5.74, 6) is 0. The highest BCUT2D eigenvalue weighted by Gasteiger charge is 2.79. The number of hydrogen-bond acceptors (Lipinski definition) is 9. The van der Waals surface area contributed by atoms with E-state index in [1.807, 2.05) is 0 Å².